The van der Waals surface area contributed by atoms with Crippen LogP contribution in [0.1, 0.15) is 5.56 Å². The van der Waals surface area contributed by atoms with Crippen molar-refractivity contribution in [1.29, 1.82) is 0 Å². The monoisotopic (exact) mass is 259 g/mol. The number of aromatic nitrogens is 1. The molecular formula is C13H13N3O3. The second-order valence-corrected chi connectivity index (χ2v) is 4.06. The summed E-state index contributed by atoms with van der Waals surface area (Å²) in [5, 5.41) is 13.6. The Kier molecular flexibility index (Phi) is 3.61. The SMILES string of the molecule is CNc1cc(Cn2ccc(=O)cc2)ccc1[N+](=O)[O-]. The van der Waals surface area contributed by atoms with Crippen molar-refractivity contribution in [3.05, 3.63) is 68.6 Å². The van der Waals surface area contributed by atoms with Gasteiger partial charge in [-0.2, -0.15) is 0 Å². The average Bonchev–Trinajstić information content (AvgIpc) is 2.41. The van der Waals surface area contributed by atoms with Gasteiger partial charge >= 0.3 is 0 Å². The summed E-state index contributed by atoms with van der Waals surface area (Å²) in [5.41, 5.74) is 1.39. The van der Waals surface area contributed by atoms with E-state index in [2.05, 4.69) is 5.32 Å². The van der Waals surface area contributed by atoms with Crippen LogP contribution in [0.5, 0.6) is 0 Å². The van der Waals surface area contributed by atoms with Gasteiger partial charge in [0.25, 0.3) is 5.69 Å². The minimum atomic E-state index is -0.422. The minimum absolute atomic E-state index is 0.0455. The molecule has 6 heteroatoms. The molecule has 0 aliphatic carbocycles. The van der Waals surface area contributed by atoms with Crippen molar-refractivity contribution < 1.29 is 4.92 Å². The summed E-state index contributed by atoms with van der Waals surface area (Å²) in [6.07, 6.45) is 3.37. The highest BCUT2D eigenvalue weighted by atomic mass is 16.6. The molecule has 0 radical (unpaired) electrons. The van der Waals surface area contributed by atoms with E-state index in [1.807, 2.05) is 4.57 Å². The first-order valence-electron chi connectivity index (χ1n) is 5.71. The van der Waals surface area contributed by atoms with E-state index in [9.17, 15) is 14.9 Å². The van der Waals surface area contributed by atoms with Crippen molar-refractivity contribution >= 4 is 11.4 Å². The standard InChI is InChI=1S/C13H13N3O3/c1-14-12-8-10(2-3-13(12)16(18)19)9-15-6-4-11(17)5-7-15/h2-8,14H,9H2,1H3. The van der Waals surface area contributed by atoms with Gasteiger partial charge in [-0.3, -0.25) is 14.9 Å². The fourth-order valence-electron chi connectivity index (χ4n) is 1.80. The molecule has 0 aliphatic heterocycles. The van der Waals surface area contributed by atoms with Gasteiger partial charge < -0.3 is 9.88 Å². The summed E-state index contributed by atoms with van der Waals surface area (Å²) in [5.74, 6) is 0. The average molecular weight is 259 g/mol. The first-order valence-corrected chi connectivity index (χ1v) is 5.71. The fraction of sp³-hybridized carbons (Fsp3) is 0.154. The highest BCUT2D eigenvalue weighted by Gasteiger charge is 2.12. The third-order valence-electron chi connectivity index (χ3n) is 2.75. The number of rotatable bonds is 4. The Balaban J connectivity index is 2.28. The van der Waals surface area contributed by atoms with Gasteiger partial charge in [-0.05, 0) is 11.6 Å². The molecular weight excluding hydrogens is 246 g/mol. The lowest BCUT2D eigenvalue weighted by atomic mass is 10.1. The molecule has 0 bridgehead atoms. The first kappa shape index (κ1) is 12.8. The number of nitro groups is 1. The topological polar surface area (TPSA) is 77.2 Å². The minimum Gasteiger partial charge on any atom is -0.383 e. The van der Waals surface area contributed by atoms with Crippen LogP contribution in [0.25, 0.3) is 0 Å². The van der Waals surface area contributed by atoms with Crippen molar-refractivity contribution in [2.75, 3.05) is 12.4 Å². The van der Waals surface area contributed by atoms with Crippen molar-refractivity contribution in [3.63, 3.8) is 0 Å². The molecule has 19 heavy (non-hydrogen) atoms. The van der Waals surface area contributed by atoms with Gasteiger partial charge in [-0.15, -0.1) is 0 Å². The van der Waals surface area contributed by atoms with E-state index in [1.54, 1.807) is 31.6 Å². The number of hydrogen-bond donors (Lipinski definition) is 1. The molecule has 0 aliphatic rings. The lowest BCUT2D eigenvalue weighted by Gasteiger charge is -2.08. The van der Waals surface area contributed by atoms with Crippen molar-refractivity contribution in [2.45, 2.75) is 6.54 Å². The Hall–Kier alpha value is -2.63. The van der Waals surface area contributed by atoms with Gasteiger partial charge in [-0.25, -0.2) is 0 Å². The van der Waals surface area contributed by atoms with Gasteiger partial charge in [0.2, 0.25) is 0 Å². The van der Waals surface area contributed by atoms with E-state index in [0.717, 1.165) is 5.56 Å². The maximum atomic E-state index is 11.0. The molecule has 1 N–H and O–H groups in total. The predicted octanol–water partition coefficient (Wildman–Crippen LogP) is 1.85. The summed E-state index contributed by atoms with van der Waals surface area (Å²) < 4.78 is 1.84. The summed E-state index contributed by atoms with van der Waals surface area (Å²) in [6, 6.07) is 7.87. The van der Waals surface area contributed by atoms with Gasteiger partial charge in [0.15, 0.2) is 5.43 Å². The maximum Gasteiger partial charge on any atom is 0.292 e. The van der Waals surface area contributed by atoms with E-state index in [-0.39, 0.29) is 11.1 Å². The second-order valence-electron chi connectivity index (χ2n) is 4.06. The smallest absolute Gasteiger partial charge is 0.292 e. The zero-order valence-electron chi connectivity index (χ0n) is 10.4. The number of pyridine rings is 1. The molecule has 0 atom stereocenters. The summed E-state index contributed by atoms with van der Waals surface area (Å²) in [6.45, 7) is 0.549. The molecule has 98 valence electrons. The molecule has 1 aromatic heterocycles. The van der Waals surface area contributed by atoms with Gasteiger partial charge in [0, 0.05) is 44.2 Å². The highest BCUT2D eigenvalue weighted by Crippen LogP contribution is 2.25. The lowest BCUT2D eigenvalue weighted by molar-refractivity contribution is -0.383. The predicted molar refractivity (Wildman–Crippen MR) is 72.4 cm³/mol. The van der Waals surface area contributed by atoms with Crippen LogP contribution in [0.4, 0.5) is 11.4 Å². The summed E-state index contributed by atoms with van der Waals surface area (Å²) in [4.78, 5) is 21.4. The number of benzene rings is 1. The number of hydrogen-bond acceptors (Lipinski definition) is 4. The Bertz CT molecular complexity index is 644. The van der Waals surface area contributed by atoms with E-state index >= 15 is 0 Å². The van der Waals surface area contributed by atoms with Gasteiger partial charge in [0.05, 0.1) is 4.92 Å². The quantitative estimate of drug-likeness (QED) is 0.671. The molecule has 0 spiro atoms. The van der Waals surface area contributed by atoms with Crippen LogP contribution in [0.15, 0.2) is 47.5 Å². The molecule has 0 saturated carbocycles. The van der Waals surface area contributed by atoms with Crippen molar-refractivity contribution in [3.8, 4) is 0 Å². The number of nitrogens with zero attached hydrogens (tertiary/aromatic N) is 2. The van der Waals surface area contributed by atoms with Crippen LogP contribution in [0.2, 0.25) is 0 Å². The molecule has 1 aromatic carbocycles. The van der Waals surface area contributed by atoms with Crippen LogP contribution in [-0.4, -0.2) is 16.5 Å². The zero-order chi connectivity index (χ0) is 13.8. The number of nitrogens with one attached hydrogen (secondary N) is 1. The largest absolute Gasteiger partial charge is 0.383 e. The molecule has 2 aromatic rings. The van der Waals surface area contributed by atoms with Crippen LogP contribution in [0, 0.1) is 10.1 Å². The summed E-state index contributed by atoms with van der Waals surface area (Å²) in [7, 11) is 1.64. The third kappa shape index (κ3) is 2.98. The third-order valence-corrected chi connectivity index (χ3v) is 2.75. The van der Waals surface area contributed by atoms with E-state index in [1.165, 1.54) is 18.2 Å². The fourth-order valence-corrected chi connectivity index (χ4v) is 1.80. The Morgan fingerprint density at radius 2 is 1.95 bits per heavy atom. The molecule has 2 rings (SSSR count). The molecule has 0 fully saturated rings. The van der Waals surface area contributed by atoms with Crippen LogP contribution in [-0.2, 0) is 6.54 Å². The molecule has 0 amide bonds. The Morgan fingerprint density at radius 3 is 2.53 bits per heavy atom. The summed E-state index contributed by atoms with van der Waals surface area (Å²) >= 11 is 0. The Morgan fingerprint density at radius 1 is 1.26 bits per heavy atom. The van der Waals surface area contributed by atoms with Gasteiger partial charge in [0.1, 0.15) is 5.69 Å². The molecule has 6 nitrogen and oxygen atoms in total. The first-order chi connectivity index (χ1) is 9.10. The van der Waals surface area contributed by atoms with Crippen LogP contribution in [0.3, 0.4) is 0 Å². The normalized spacial score (nSPS) is 10.2. The van der Waals surface area contributed by atoms with Crippen molar-refractivity contribution in [1.82, 2.24) is 4.57 Å². The maximum absolute atomic E-state index is 11.0. The highest BCUT2D eigenvalue weighted by molar-refractivity contribution is 5.62. The van der Waals surface area contributed by atoms with Crippen LogP contribution >= 0.6 is 0 Å². The van der Waals surface area contributed by atoms with E-state index < -0.39 is 4.92 Å². The number of anilines is 1. The number of nitro benzene ring substituents is 1. The molecule has 0 unspecified atom stereocenters. The van der Waals surface area contributed by atoms with Crippen LogP contribution < -0.4 is 10.7 Å². The van der Waals surface area contributed by atoms with E-state index in [0.29, 0.717) is 12.2 Å². The second kappa shape index (κ2) is 5.34. The zero-order valence-corrected chi connectivity index (χ0v) is 10.4. The van der Waals surface area contributed by atoms with E-state index in [4.69, 9.17) is 0 Å². The molecule has 1 heterocycles. The lowest BCUT2D eigenvalue weighted by Crippen LogP contribution is -2.05. The van der Waals surface area contributed by atoms with Crippen molar-refractivity contribution in [2.24, 2.45) is 0 Å². The van der Waals surface area contributed by atoms with Gasteiger partial charge in [-0.1, -0.05) is 6.07 Å². The molecule has 0 saturated heterocycles. The Labute approximate surface area is 109 Å².